The van der Waals surface area contributed by atoms with Crippen molar-refractivity contribution < 1.29 is 0 Å². The molecule has 3 heterocycles. The van der Waals surface area contributed by atoms with E-state index in [1.54, 1.807) is 0 Å². The molecule has 0 fully saturated rings. The van der Waals surface area contributed by atoms with Crippen molar-refractivity contribution in [3.05, 3.63) is 182 Å². The maximum atomic E-state index is 5.17. The Kier molecular flexibility index (Phi) is 6.58. The van der Waals surface area contributed by atoms with Gasteiger partial charge in [0.2, 0.25) is 11.4 Å². The van der Waals surface area contributed by atoms with Crippen LogP contribution in [0.5, 0.6) is 0 Å². The second-order valence-corrected chi connectivity index (χ2v) is 13.8. The monoisotopic (exact) mass is 677 g/mol. The first kappa shape index (κ1) is 29.7. The first-order valence-corrected chi connectivity index (χ1v) is 18.2. The fourth-order valence-electron chi connectivity index (χ4n) is 8.57. The molecular weight excluding hydrogens is 645 g/mol. The van der Waals surface area contributed by atoms with Crippen LogP contribution in [0.15, 0.2) is 182 Å². The molecule has 2 aromatic heterocycles. The summed E-state index contributed by atoms with van der Waals surface area (Å²) in [6, 6.07) is 63.7. The third-order valence-corrected chi connectivity index (χ3v) is 10.9. The summed E-state index contributed by atoms with van der Waals surface area (Å²) >= 11 is 0. The van der Waals surface area contributed by atoms with E-state index in [4.69, 9.17) is 4.98 Å². The smallest absolute Gasteiger partial charge is 0.235 e. The van der Waals surface area contributed by atoms with Gasteiger partial charge in [0, 0.05) is 57.7 Å². The lowest BCUT2D eigenvalue weighted by Crippen LogP contribution is -2.29. The highest BCUT2D eigenvalue weighted by molar-refractivity contribution is 6.10. The maximum Gasteiger partial charge on any atom is 0.235 e. The zero-order chi connectivity index (χ0) is 34.9. The summed E-state index contributed by atoms with van der Waals surface area (Å²) in [7, 11) is 0. The van der Waals surface area contributed by atoms with Crippen molar-refractivity contribution in [3.8, 4) is 50.3 Å². The molecule has 4 nitrogen and oxygen atoms in total. The van der Waals surface area contributed by atoms with E-state index in [1.807, 2.05) is 6.20 Å². The summed E-state index contributed by atoms with van der Waals surface area (Å²) in [6.45, 7) is 0.741. The minimum absolute atomic E-state index is 0.741. The first-order chi connectivity index (χ1) is 26.3. The highest BCUT2D eigenvalue weighted by Gasteiger charge is 2.32. The molecule has 0 bridgehead atoms. The molecule has 0 amide bonds. The molecule has 0 unspecified atom stereocenters. The first-order valence-electron chi connectivity index (χ1n) is 18.2. The number of hydrogen-bond acceptors (Lipinski definition) is 2. The Hall–Kier alpha value is -7.04. The lowest BCUT2D eigenvalue weighted by molar-refractivity contribution is 1.000. The number of anilines is 2. The van der Waals surface area contributed by atoms with E-state index in [0.29, 0.717) is 0 Å². The van der Waals surface area contributed by atoms with Gasteiger partial charge in [0.05, 0.1) is 16.7 Å². The van der Waals surface area contributed by atoms with Gasteiger partial charge in [-0.3, -0.25) is 4.98 Å². The molecule has 7 aromatic carbocycles. The van der Waals surface area contributed by atoms with E-state index in [2.05, 4.69) is 196 Å². The lowest BCUT2D eigenvalue weighted by atomic mass is 9.82. The third-order valence-electron chi connectivity index (χ3n) is 10.9. The molecule has 0 atom stereocenters. The van der Waals surface area contributed by atoms with Crippen LogP contribution in [0.4, 0.5) is 22.7 Å². The fraction of sp³-hybridized carbons (Fsp3) is 0.0204. The zero-order valence-corrected chi connectivity index (χ0v) is 28.9. The quantitative estimate of drug-likeness (QED) is 0.174. The number of pyridine rings is 1. The van der Waals surface area contributed by atoms with E-state index in [1.165, 1.54) is 44.1 Å². The predicted molar refractivity (Wildman–Crippen MR) is 221 cm³/mol. The average Bonchev–Trinajstić information content (AvgIpc) is 3.57. The minimum Gasteiger partial charge on any atom is -0.326 e. The zero-order valence-electron chi connectivity index (χ0n) is 28.9. The normalized spacial score (nSPS) is 12.9. The average molecular weight is 678 g/mol. The van der Waals surface area contributed by atoms with Crippen molar-refractivity contribution in [2.75, 3.05) is 11.4 Å². The molecule has 11 rings (SSSR count). The van der Waals surface area contributed by atoms with Crippen molar-refractivity contribution in [2.24, 2.45) is 0 Å². The van der Waals surface area contributed by atoms with Gasteiger partial charge in [0.1, 0.15) is 12.2 Å². The summed E-state index contributed by atoms with van der Waals surface area (Å²) in [5.41, 5.74) is 17.3. The number of para-hydroxylation sites is 4. The number of fused-ring (bicyclic) bond motifs is 12. The van der Waals surface area contributed by atoms with E-state index in [9.17, 15) is 0 Å². The van der Waals surface area contributed by atoms with Crippen LogP contribution in [-0.2, 0) is 0 Å². The number of nitrogens with zero attached hydrogens (tertiary/aromatic N) is 4. The topological polar surface area (TPSA) is 24.1 Å². The minimum atomic E-state index is 0.741. The van der Waals surface area contributed by atoms with Crippen LogP contribution in [0.25, 0.3) is 72.1 Å². The van der Waals surface area contributed by atoms with Crippen LogP contribution in [0.2, 0.25) is 0 Å². The maximum absolute atomic E-state index is 5.17. The van der Waals surface area contributed by atoms with Crippen molar-refractivity contribution in [1.82, 2.24) is 14.1 Å². The summed E-state index contributed by atoms with van der Waals surface area (Å²) in [6.07, 6.45) is 4.23. The van der Waals surface area contributed by atoms with Gasteiger partial charge in [-0.15, -0.1) is 0 Å². The van der Waals surface area contributed by atoms with Crippen LogP contribution in [0.1, 0.15) is 0 Å². The molecule has 0 N–H and O–H groups in total. The second kappa shape index (κ2) is 11.8. The van der Waals surface area contributed by atoms with Gasteiger partial charge < -0.3 is 9.47 Å². The summed E-state index contributed by atoms with van der Waals surface area (Å²) in [5, 5.41) is 2.51. The van der Waals surface area contributed by atoms with Crippen LogP contribution in [0.3, 0.4) is 0 Å². The Morgan fingerprint density at radius 1 is 0.453 bits per heavy atom. The van der Waals surface area contributed by atoms with Gasteiger partial charge in [-0.2, -0.15) is 4.58 Å². The van der Waals surface area contributed by atoms with Crippen LogP contribution in [-0.4, -0.2) is 22.3 Å². The summed E-state index contributed by atoms with van der Waals surface area (Å²) in [4.78, 5) is 7.58. The molecule has 0 saturated heterocycles. The van der Waals surface area contributed by atoms with Crippen molar-refractivity contribution in [1.29, 1.82) is 0 Å². The van der Waals surface area contributed by atoms with Crippen molar-refractivity contribution in [3.63, 3.8) is 0 Å². The lowest BCUT2D eigenvalue weighted by Gasteiger charge is -2.29. The van der Waals surface area contributed by atoms with Gasteiger partial charge >= 0.3 is 0 Å². The SMILES string of the molecule is C1=[N+](c2ccccc2)c2cc3c(cc2N(c2ccccc2)C1)-c1ncccc1-c1ccc(-n2c4ccccc4c4ccccc42)cc1-c1ccccc1-3. The highest BCUT2D eigenvalue weighted by Crippen LogP contribution is 2.51. The Morgan fingerprint density at radius 3 is 1.79 bits per heavy atom. The molecular formula is C49H33N4+. The number of benzene rings is 7. The second-order valence-electron chi connectivity index (χ2n) is 13.8. The Balaban J connectivity index is 1.20. The molecule has 1 aliphatic carbocycles. The summed E-state index contributed by atoms with van der Waals surface area (Å²) in [5.74, 6) is 0. The number of aromatic nitrogens is 2. The third kappa shape index (κ3) is 4.56. The van der Waals surface area contributed by atoms with E-state index in [-0.39, 0.29) is 0 Å². The summed E-state index contributed by atoms with van der Waals surface area (Å²) < 4.78 is 4.76. The van der Waals surface area contributed by atoms with Gasteiger partial charge in [-0.1, -0.05) is 109 Å². The molecule has 4 heteroatoms. The molecule has 0 radical (unpaired) electrons. The predicted octanol–water partition coefficient (Wildman–Crippen LogP) is 12.2. The van der Waals surface area contributed by atoms with Crippen LogP contribution >= 0.6 is 0 Å². The highest BCUT2D eigenvalue weighted by atomic mass is 15.2. The molecule has 248 valence electrons. The Bertz CT molecular complexity index is 2870. The van der Waals surface area contributed by atoms with E-state index >= 15 is 0 Å². The number of hydrogen-bond donors (Lipinski definition) is 0. The largest absolute Gasteiger partial charge is 0.326 e. The van der Waals surface area contributed by atoms with E-state index < -0.39 is 0 Å². The molecule has 9 aromatic rings. The Morgan fingerprint density at radius 2 is 1.06 bits per heavy atom. The van der Waals surface area contributed by atoms with Gasteiger partial charge in [0.25, 0.3) is 0 Å². The molecule has 0 saturated carbocycles. The van der Waals surface area contributed by atoms with Crippen LogP contribution < -0.4 is 9.48 Å². The van der Waals surface area contributed by atoms with Crippen molar-refractivity contribution >= 4 is 50.8 Å². The molecule has 53 heavy (non-hydrogen) atoms. The van der Waals surface area contributed by atoms with E-state index in [0.717, 1.165) is 57.4 Å². The fourth-order valence-corrected chi connectivity index (χ4v) is 8.57. The van der Waals surface area contributed by atoms with Gasteiger partial charge in [-0.05, 0) is 76.3 Å². The molecule has 2 aliphatic rings. The Labute approximate surface area is 307 Å². The molecule has 1 aliphatic heterocycles. The molecule has 0 spiro atoms. The van der Waals surface area contributed by atoms with Gasteiger partial charge in [-0.25, -0.2) is 0 Å². The van der Waals surface area contributed by atoms with Crippen molar-refractivity contribution in [2.45, 2.75) is 0 Å². The standard InChI is InChI=1S/C49H33N4/c1-3-14-33(15-4-1)51-28-29-52(34-16-5-2-6-17-34)48-32-44-43(31-47(48)51)37-19-8-7-18-36(37)42-30-35(25-26-38(42)41-22-13-27-50-49(41)44)53-45-23-11-9-20-39(45)40-21-10-12-24-46(40)53/h1-28,30-32H,29H2/q+1. The van der Waals surface area contributed by atoms with Gasteiger partial charge in [0.15, 0.2) is 6.21 Å². The van der Waals surface area contributed by atoms with Crippen LogP contribution in [0, 0.1) is 0 Å². The number of rotatable bonds is 3.